The predicted octanol–water partition coefficient (Wildman–Crippen LogP) is 2.21. The molecule has 1 N–H and O–H groups in total. The van der Waals surface area contributed by atoms with E-state index in [0.29, 0.717) is 19.1 Å². The molecule has 1 amide bonds. The van der Waals surface area contributed by atoms with Crippen molar-refractivity contribution in [1.29, 1.82) is 0 Å². The number of carbonyl (C=O) groups is 1. The number of nitrogens with zero attached hydrogens (tertiary/aromatic N) is 2. The van der Waals surface area contributed by atoms with Crippen LogP contribution in [0.15, 0.2) is 42.6 Å². The van der Waals surface area contributed by atoms with Gasteiger partial charge in [0.1, 0.15) is 19.0 Å². The lowest BCUT2D eigenvalue weighted by Gasteiger charge is -2.32. The zero-order chi connectivity index (χ0) is 16.6. The zero-order valence-electron chi connectivity index (χ0n) is 13.7. The molecule has 1 atom stereocenters. The quantitative estimate of drug-likeness (QED) is 0.791. The van der Waals surface area contributed by atoms with Gasteiger partial charge >= 0.3 is 0 Å². The molecule has 0 aliphatic carbocycles. The summed E-state index contributed by atoms with van der Waals surface area (Å²) in [4.78, 5) is 14.2. The second-order valence-corrected chi connectivity index (χ2v) is 5.90. The van der Waals surface area contributed by atoms with Crippen molar-refractivity contribution in [3.05, 3.63) is 48.3 Å². The topological polar surface area (TPSA) is 67.5 Å². The molecule has 0 spiro atoms. The van der Waals surface area contributed by atoms with Crippen LogP contribution in [0.25, 0.3) is 0 Å². The van der Waals surface area contributed by atoms with Crippen molar-refractivity contribution in [2.75, 3.05) is 32.9 Å². The van der Waals surface area contributed by atoms with E-state index in [-0.39, 0.29) is 12.5 Å². The number of aromatic nitrogens is 2. The minimum atomic E-state index is 0.0407. The van der Waals surface area contributed by atoms with Gasteiger partial charge in [-0.15, -0.1) is 0 Å². The maximum Gasteiger partial charge on any atom is 0.248 e. The van der Waals surface area contributed by atoms with E-state index >= 15 is 0 Å². The van der Waals surface area contributed by atoms with Gasteiger partial charge in [-0.1, -0.05) is 18.2 Å². The fourth-order valence-electron chi connectivity index (χ4n) is 2.94. The van der Waals surface area contributed by atoms with E-state index in [2.05, 4.69) is 10.2 Å². The summed E-state index contributed by atoms with van der Waals surface area (Å²) in [5, 5.41) is 7.00. The highest BCUT2D eigenvalue weighted by Gasteiger charge is 2.25. The summed E-state index contributed by atoms with van der Waals surface area (Å²) in [7, 11) is 0. The van der Waals surface area contributed by atoms with Gasteiger partial charge in [0.2, 0.25) is 5.91 Å². The molecule has 0 unspecified atom stereocenters. The largest absolute Gasteiger partial charge is 0.491 e. The number of nitrogens with one attached hydrogen (secondary N) is 1. The fraction of sp³-hybridized carbons (Fsp3) is 0.444. The molecule has 1 aromatic carbocycles. The molecule has 2 aromatic rings. The van der Waals surface area contributed by atoms with Gasteiger partial charge in [0.05, 0.1) is 6.61 Å². The molecule has 0 bridgehead atoms. The molecule has 0 radical (unpaired) electrons. The summed E-state index contributed by atoms with van der Waals surface area (Å²) in [5.41, 5.74) is 1.10. The van der Waals surface area contributed by atoms with E-state index in [4.69, 9.17) is 9.47 Å². The summed E-state index contributed by atoms with van der Waals surface area (Å²) >= 11 is 0. The second-order valence-electron chi connectivity index (χ2n) is 5.90. The van der Waals surface area contributed by atoms with E-state index in [9.17, 15) is 4.79 Å². The van der Waals surface area contributed by atoms with Crippen LogP contribution in [0.4, 0.5) is 0 Å². The van der Waals surface area contributed by atoms with Crippen LogP contribution in [-0.2, 0) is 9.53 Å². The molecule has 1 fully saturated rings. The Morgan fingerprint density at radius 2 is 2.12 bits per heavy atom. The smallest absolute Gasteiger partial charge is 0.248 e. The Labute approximate surface area is 141 Å². The number of piperidine rings is 1. The zero-order valence-corrected chi connectivity index (χ0v) is 13.7. The number of amides is 1. The molecule has 6 nitrogen and oxygen atoms in total. The Balaban J connectivity index is 1.36. The molecule has 1 saturated heterocycles. The van der Waals surface area contributed by atoms with Gasteiger partial charge in [-0.3, -0.25) is 9.89 Å². The predicted molar refractivity (Wildman–Crippen MR) is 89.9 cm³/mol. The Morgan fingerprint density at radius 1 is 1.25 bits per heavy atom. The van der Waals surface area contributed by atoms with Gasteiger partial charge in [-0.2, -0.15) is 5.10 Å². The summed E-state index contributed by atoms with van der Waals surface area (Å²) in [6.07, 6.45) is 3.84. The second kappa shape index (κ2) is 8.49. The van der Waals surface area contributed by atoms with E-state index in [1.165, 1.54) is 0 Å². The van der Waals surface area contributed by atoms with Crippen LogP contribution < -0.4 is 4.74 Å². The van der Waals surface area contributed by atoms with Crippen LogP contribution in [0.3, 0.4) is 0 Å². The Morgan fingerprint density at radius 3 is 2.92 bits per heavy atom. The van der Waals surface area contributed by atoms with Gasteiger partial charge in [-0.05, 0) is 31.0 Å². The average Bonchev–Trinajstić information content (AvgIpc) is 3.17. The Kier molecular flexibility index (Phi) is 5.85. The molecule has 3 rings (SSSR count). The number of hydrogen-bond acceptors (Lipinski definition) is 4. The first-order valence-corrected chi connectivity index (χ1v) is 8.35. The molecule has 1 aliphatic heterocycles. The molecule has 128 valence electrons. The highest BCUT2D eigenvalue weighted by Crippen LogP contribution is 2.25. The van der Waals surface area contributed by atoms with Crippen molar-refractivity contribution in [2.24, 2.45) is 0 Å². The monoisotopic (exact) mass is 329 g/mol. The van der Waals surface area contributed by atoms with Crippen LogP contribution in [-0.4, -0.2) is 53.9 Å². The first kappa shape index (κ1) is 16.5. The summed E-state index contributed by atoms with van der Waals surface area (Å²) in [6.45, 7) is 2.47. The van der Waals surface area contributed by atoms with Crippen LogP contribution in [0.1, 0.15) is 24.5 Å². The maximum absolute atomic E-state index is 12.3. The van der Waals surface area contributed by atoms with Crippen molar-refractivity contribution in [2.45, 2.75) is 18.8 Å². The van der Waals surface area contributed by atoms with Gasteiger partial charge in [0.25, 0.3) is 0 Å². The van der Waals surface area contributed by atoms with Crippen LogP contribution in [0, 0.1) is 0 Å². The number of rotatable bonds is 7. The lowest BCUT2D eigenvalue weighted by molar-refractivity contribution is -0.137. The number of ether oxygens (including phenoxy) is 2. The summed E-state index contributed by atoms with van der Waals surface area (Å²) in [6, 6.07) is 11.6. The third-order valence-electron chi connectivity index (χ3n) is 4.20. The van der Waals surface area contributed by atoms with Gasteiger partial charge in [0.15, 0.2) is 0 Å². The van der Waals surface area contributed by atoms with E-state index in [1.54, 1.807) is 6.20 Å². The Bertz CT molecular complexity index is 616. The van der Waals surface area contributed by atoms with Crippen LogP contribution >= 0.6 is 0 Å². The van der Waals surface area contributed by atoms with Crippen molar-refractivity contribution in [3.8, 4) is 5.75 Å². The summed E-state index contributed by atoms with van der Waals surface area (Å²) in [5.74, 6) is 1.19. The van der Waals surface area contributed by atoms with Gasteiger partial charge in [0, 0.05) is 30.9 Å². The SMILES string of the molecule is O=C(COCCOc1ccccc1)N1CCC[C@@H](c2ccn[nH]2)C1. The molecular weight excluding hydrogens is 306 g/mol. The molecule has 0 saturated carbocycles. The molecular formula is C18H23N3O3. The number of likely N-dealkylation sites (tertiary alicyclic amines) is 1. The van der Waals surface area contributed by atoms with E-state index in [0.717, 1.165) is 37.4 Å². The van der Waals surface area contributed by atoms with Crippen molar-refractivity contribution in [3.63, 3.8) is 0 Å². The van der Waals surface area contributed by atoms with E-state index < -0.39 is 0 Å². The fourth-order valence-corrected chi connectivity index (χ4v) is 2.94. The van der Waals surface area contributed by atoms with Gasteiger partial charge < -0.3 is 14.4 Å². The van der Waals surface area contributed by atoms with Crippen molar-refractivity contribution < 1.29 is 14.3 Å². The Hall–Kier alpha value is -2.34. The highest BCUT2D eigenvalue weighted by atomic mass is 16.5. The third-order valence-corrected chi connectivity index (χ3v) is 4.20. The van der Waals surface area contributed by atoms with E-state index in [1.807, 2.05) is 41.3 Å². The lowest BCUT2D eigenvalue weighted by Crippen LogP contribution is -2.41. The maximum atomic E-state index is 12.3. The standard InChI is InChI=1S/C18H23N3O3/c22-18(14-23-11-12-24-16-6-2-1-3-7-16)21-10-4-5-15(13-21)17-8-9-19-20-17/h1-3,6-9,15H,4-5,10-14H2,(H,19,20)/t15-/m1/s1. The molecule has 1 aromatic heterocycles. The van der Waals surface area contributed by atoms with Crippen LogP contribution in [0.2, 0.25) is 0 Å². The number of para-hydroxylation sites is 1. The number of benzene rings is 1. The number of hydrogen-bond donors (Lipinski definition) is 1. The molecule has 2 heterocycles. The highest BCUT2D eigenvalue weighted by molar-refractivity contribution is 5.77. The number of H-pyrrole nitrogens is 1. The van der Waals surface area contributed by atoms with Crippen LogP contribution in [0.5, 0.6) is 5.75 Å². The minimum absolute atomic E-state index is 0.0407. The minimum Gasteiger partial charge on any atom is -0.491 e. The molecule has 6 heteroatoms. The van der Waals surface area contributed by atoms with Gasteiger partial charge in [-0.25, -0.2) is 0 Å². The van der Waals surface area contributed by atoms with Crippen molar-refractivity contribution >= 4 is 5.91 Å². The lowest BCUT2D eigenvalue weighted by atomic mass is 9.95. The first-order chi connectivity index (χ1) is 11.8. The average molecular weight is 329 g/mol. The van der Waals surface area contributed by atoms with Crippen molar-refractivity contribution in [1.82, 2.24) is 15.1 Å². The third kappa shape index (κ3) is 4.58. The first-order valence-electron chi connectivity index (χ1n) is 8.35. The molecule has 24 heavy (non-hydrogen) atoms. The summed E-state index contributed by atoms with van der Waals surface area (Å²) < 4.78 is 11.0. The number of aromatic amines is 1. The molecule has 1 aliphatic rings. The normalized spacial score (nSPS) is 17.7. The number of carbonyl (C=O) groups excluding carboxylic acids is 1.